The molecule has 0 radical (unpaired) electrons. The van der Waals surface area contributed by atoms with Gasteiger partial charge in [-0.2, -0.15) is 0 Å². The highest BCUT2D eigenvalue weighted by Crippen LogP contribution is 2.13. The number of primary amides is 1. The van der Waals surface area contributed by atoms with Gasteiger partial charge in [-0.1, -0.05) is 0 Å². The fourth-order valence-corrected chi connectivity index (χ4v) is 1.22. The number of nitrogens with one attached hydrogen (secondary N) is 2. The minimum absolute atomic E-state index is 0. The number of amides is 1. The quantitative estimate of drug-likeness (QED) is 0.234. The van der Waals surface area contributed by atoms with Gasteiger partial charge in [0.1, 0.15) is 0 Å². The predicted octanol–water partition coefficient (Wildman–Crippen LogP) is 1.10. The van der Waals surface area contributed by atoms with Crippen molar-refractivity contribution in [3.05, 3.63) is 0 Å². The molecule has 0 spiro atoms. The Labute approximate surface area is 139 Å². The summed E-state index contributed by atoms with van der Waals surface area (Å²) in [6.07, 6.45) is 0.914. The molecule has 4 N–H and O–H groups in total. The summed E-state index contributed by atoms with van der Waals surface area (Å²) in [5.41, 5.74) is 4.69. The van der Waals surface area contributed by atoms with Crippen LogP contribution >= 0.6 is 24.0 Å². The van der Waals surface area contributed by atoms with Crippen LogP contribution in [-0.2, 0) is 9.53 Å². The second kappa shape index (κ2) is 12.2. The van der Waals surface area contributed by atoms with Crippen LogP contribution in [0.2, 0.25) is 0 Å². The highest BCUT2D eigenvalue weighted by atomic mass is 127. The third-order valence-electron chi connectivity index (χ3n) is 2.61. The van der Waals surface area contributed by atoms with Crippen molar-refractivity contribution in [1.82, 2.24) is 10.6 Å². The molecule has 0 saturated heterocycles. The van der Waals surface area contributed by atoms with Crippen molar-refractivity contribution in [3.8, 4) is 0 Å². The smallest absolute Gasteiger partial charge is 0.224 e. The van der Waals surface area contributed by atoms with E-state index >= 15 is 0 Å². The molecule has 0 aromatic rings. The van der Waals surface area contributed by atoms with Gasteiger partial charge in [-0.05, 0) is 34.1 Å². The summed E-state index contributed by atoms with van der Waals surface area (Å²) in [6, 6.07) is 0. The van der Waals surface area contributed by atoms with E-state index in [1.807, 2.05) is 13.8 Å². The fourth-order valence-electron chi connectivity index (χ4n) is 1.22. The Morgan fingerprint density at radius 1 is 1.30 bits per heavy atom. The lowest BCUT2D eigenvalue weighted by Crippen LogP contribution is -2.40. The van der Waals surface area contributed by atoms with Crippen molar-refractivity contribution in [2.24, 2.45) is 16.1 Å². The van der Waals surface area contributed by atoms with Gasteiger partial charge in [0.15, 0.2) is 5.96 Å². The van der Waals surface area contributed by atoms with Crippen molar-refractivity contribution in [3.63, 3.8) is 0 Å². The van der Waals surface area contributed by atoms with Crippen LogP contribution in [0.15, 0.2) is 4.99 Å². The van der Waals surface area contributed by atoms with Crippen LogP contribution in [0.3, 0.4) is 0 Å². The summed E-state index contributed by atoms with van der Waals surface area (Å²) >= 11 is 0. The Morgan fingerprint density at radius 3 is 2.45 bits per heavy atom. The van der Waals surface area contributed by atoms with Crippen molar-refractivity contribution in [2.75, 3.05) is 32.8 Å². The number of carbonyl (C=O) groups is 1. The first kappa shape index (κ1) is 21.7. The average Bonchev–Trinajstić information content (AvgIpc) is 2.35. The van der Waals surface area contributed by atoms with Gasteiger partial charge in [0, 0.05) is 26.3 Å². The van der Waals surface area contributed by atoms with Gasteiger partial charge in [0.05, 0.1) is 12.0 Å². The molecule has 0 atom stereocenters. The molecule has 0 aromatic heterocycles. The summed E-state index contributed by atoms with van der Waals surface area (Å²) in [4.78, 5) is 15.6. The molecule has 0 aromatic carbocycles. The SMILES string of the molecule is CCNC(=NCC(C)(C)C(N)=O)NCCCOCC.I. The Bertz CT molecular complexity index is 296. The number of rotatable bonds is 9. The average molecular weight is 400 g/mol. The third kappa shape index (κ3) is 10.2. The summed E-state index contributed by atoms with van der Waals surface area (Å²) in [7, 11) is 0. The van der Waals surface area contributed by atoms with Crippen LogP contribution in [0.4, 0.5) is 0 Å². The highest BCUT2D eigenvalue weighted by molar-refractivity contribution is 14.0. The maximum atomic E-state index is 11.2. The zero-order valence-corrected chi connectivity index (χ0v) is 15.3. The van der Waals surface area contributed by atoms with Gasteiger partial charge >= 0.3 is 0 Å². The van der Waals surface area contributed by atoms with E-state index in [1.165, 1.54) is 0 Å². The van der Waals surface area contributed by atoms with Gasteiger partial charge in [0.2, 0.25) is 5.91 Å². The van der Waals surface area contributed by atoms with E-state index in [4.69, 9.17) is 10.5 Å². The zero-order valence-electron chi connectivity index (χ0n) is 13.0. The molecule has 0 bridgehead atoms. The molecule has 0 fully saturated rings. The summed E-state index contributed by atoms with van der Waals surface area (Å²) < 4.78 is 5.26. The van der Waals surface area contributed by atoms with Crippen LogP contribution in [0.1, 0.15) is 34.1 Å². The van der Waals surface area contributed by atoms with Gasteiger partial charge in [-0.25, -0.2) is 0 Å². The van der Waals surface area contributed by atoms with Crippen LogP contribution in [0, 0.1) is 5.41 Å². The minimum atomic E-state index is -0.631. The molecule has 0 rings (SSSR count). The largest absolute Gasteiger partial charge is 0.382 e. The molecule has 0 aliphatic carbocycles. The molecule has 0 heterocycles. The molecular weight excluding hydrogens is 371 g/mol. The number of guanidine groups is 1. The molecule has 0 unspecified atom stereocenters. The summed E-state index contributed by atoms with van der Waals surface area (Å²) in [5, 5.41) is 6.33. The monoisotopic (exact) mass is 400 g/mol. The number of aliphatic imine (C=N–C) groups is 1. The summed E-state index contributed by atoms with van der Waals surface area (Å²) in [5.74, 6) is 0.358. The number of nitrogens with two attached hydrogens (primary N) is 1. The number of hydrogen-bond donors (Lipinski definition) is 3. The van der Waals surface area contributed by atoms with Crippen molar-refractivity contribution < 1.29 is 9.53 Å². The van der Waals surface area contributed by atoms with Gasteiger partial charge in [0.25, 0.3) is 0 Å². The summed E-state index contributed by atoms with van der Waals surface area (Å²) in [6.45, 7) is 10.9. The lowest BCUT2D eigenvalue weighted by atomic mass is 9.93. The Balaban J connectivity index is 0. The molecule has 0 aliphatic heterocycles. The standard InChI is InChI=1S/C13H28N4O2.HI/c1-5-15-12(16-8-7-9-19-6-2)17-10-13(3,4)11(14)18;/h5-10H2,1-4H3,(H2,14,18)(H2,15,16,17);1H. The molecule has 0 saturated carbocycles. The van der Waals surface area contributed by atoms with E-state index in [0.717, 1.165) is 32.7 Å². The molecule has 20 heavy (non-hydrogen) atoms. The second-order valence-electron chi connectivity index (χ2n) is 4.92. The van der Waals surface area contributed by atoms with Gasteiger partial charge < -0.3 is 21.1 Å². The molecular formula is C13H29IN4O2. The predicted molar refractivity (Wildman–Crippen MR) is 93.5 cm³/mol. The van der Waals surface area contributed by atoms with E-state index in [-0.39, 0.29) is 29.9 Å². The van der Waals surface area contributed by atoms with E-state index in [0.29, 0.717) is 12.5 Å². The maximum absolute atomic E-state index is 11.2. The normalized spacial score (nSPS) is 11.7. The lowest BCUT2D eigenvalue weighted by Gasteiger charge is -2.19. The Kier molecular flexibility index (Phi) is 13.2. The number of halogens is 1. The van der Waals surface area contributed by atoms with E-state index in [2.05, 4.69) is 15.6 Å². The number of carbonyl (C=O) groups excluding carboxylic acids is 1. The zero-order chi connectivity index (χ0) is 14.7. The first-order valence-electron chi connectivity index (χ1n) is 6.83. The maximum Gasteiger partial charge on any atom is 0.224 e. The van der Waals surface area contributed by atoms with Crippen molar-refractivity contribution in [1.29, 1.82) is 0 Å². The first-order chi connectivity index (χ1) is 8.94. The minimum Gasteiger partial charge on any atom is -0.382 e. The Morgan fingerprint density at radius 2 is 1.95 bits per heavy atom. The van der Waals surface area contributed by atoms with Crippen LogP contribution in [0.25, 0.3) is 0 Å². The molecule has 6 nitrogen and oxygen atoms in total. The Hall–Kier alpha value is -0.570. The second-order valence-corrected chi connectivity index (χ2v) is 4.92. The van der Waals surface area contributed by atoms with E-state index < -0.39 is 5.41 Å². The first-order valence-corrected chi connectivity index (χ1v) is 6.83. The van der Waals surface area contributed by atoms with Gasteiger partial charge in [-0.3, -0.25) is 9.79 Å². The van der Waals surface area contributed by atoms with E-state index in [9.17, 15) is 4.79 Å². The van der Waals surface area contributed by atoms with Crippen molar-refractivity contribution >= 4 is 35.8 Å². The number of ether oxygens (including phenoxy) is 1. The number of hydrogen-bond acceptors (Lipinski definition) is 3. The molecule has 7 heteroatoms. The highest BCUT2D eigenvalue weighted by Gasteiger charge is 2.24. The molecule has 0 aliphatic rings. The van der Waals surface area contributed by atoms with Crippen molar-refractivity contribution in [2.45, 2.75) is 34.1 Å². The third-order valence-corrected chi connectivity index (χ3v) is 2.61. The fraction of sp³-hybridized carbons (Fsp3) is 0.846. The lowest BCUT2D eigenvalue weighted by molar-refractivity contribution is -0.125. The van der Waals surface area contributed by atoms with Crippen LogP contribution in [-0.4, -0.2) is 44.7 Å². The molecule has 1 amide bonds. The van der Waals surface area contributed by atoms with E-state index in [1.54, 1.807) is 13.8 Å². The number of nitrogens with zero attached hydrogens (tertiary/aromatic N) is 1. The molecule has 120 valence electrons. The van der Waals surface area contributed by atoms with Gasteiger partial charge in [-0.15, -0.1) is 24.0 Å². The topological polar surface area (TPSA) is 88.7 Å². The van der Waals surface area contributed by atoms with Crippen LogP contribution < -0.4 is 16.4 Å². The van der Waals surface area contributed by atoms with Crippen LogP contribution in [0.5, 0.6) is 0 Å².